The minimum Gasteiger partial charge on any atom is -0.385 e. The number of ketones is 1. The van der Waals surface area contributed by atoms with Crippen LogP contribution in [0.1, 0.15) is 47.0 Å². The van der Waals surface area contributed by atoms with Crippen molar-refractivity contribution in [1.82, 2.24) is 0 Å². The van der Waals surface area contributed by atoms with Crippen LogP contribution in [0.25, 0.3) is 0 Å². The van der Waals surface area contributed by atoms with E-state index in [9.17, 15) is 9.90 Å². The Morgan fingerprint density at radius 1 is 1.35 bits per heavy atom. The summed E-state index contributed by atoms with van der Waals surface area (Å²) in [4.78, 5) is 12.0. The smallest absolute Gasteiger partial charge is 0.187 e. The van der Waals surface area contributed by atoms with Gasteiger partial charge in [-0.3, -0.25) is 4.79 Å². The van der Waals surface area contributed by atoms with E-state index in [1.165, 1.54) is 11.1 Å². The van der Waals surface area contributed by atoms with Gasteiger partial charge >= 0.3 is 0 Å². The van der Waals surface area contributed by atoms with Gasteiger partial charge in [0.2, 0.25) is 0 Å². The van der Waals surface area contributed by atoms with E-state index >= 15 is 0 Å². The summed E-state index contributed by atoms with van der Waals surface area (Å²) in [6.45, 7) is 8.23. The fraction of sp³-hybridized carbons (Fsp3) is 0.667. The molecule has 0 bridgehead atoms. The summed E-state index contributed by atoms with van der Waals surface area (Å²) in [5.74, 6) is -0.0552. The average molecular weight is 234 g/mol. The molecular weight excluding hydrogens is 212 g/mol. The molecular formula is C15H22O2. The van der Waals surface area contributed by atoms with Crippen molar-refractivity contribution < 1.29 is 9.90 Å². The molecule has 0 aromatic rings. The topological polar surface area (TPSA) is 37.3 Å². The highest BCUT2D eigenvalue weighted by Crippen LogP contribution is 2.50. The average Bonchev–Trinajstić information content (AvgIpc) is 2.46. The molecule has 3 atom stereocenters. The summed E-state index contributed by atoms with van der Waals surface area (Å²) in [5.41, 5.74) is 3.43. The number of fused-ring (bicyclic) bond motifs is 1. The van der Waals surface area contributed by atoms with Gasteiger partial charge in [0, 0.05) is 0 Å². The van der Waals surface area contributed by atoms with Gasteiger partial charge in [0.05, 0.1) is 0 Å². The Labute approximate surface area is 103 Å². The lowest BCUT2D eigenvalue weighted by Crippen LogP contribution is -2.45. The molecule has 17 heavy (non-hydrogen) atoms. The lowest BCUT2D eigenvalue weighted by molar-refractivity contribution is -0.129. The number of carbonyl (C=O) groups excluding carboxylic acids is 1. The van der Waals surface area contributed by atoms with E-state index in [2.05, 4.69) is 19.9 Å². The Morgan fingerprint density at radius 2 is 2.00 bits per heavy atom. The van der Waals surface area contributed by atoms with Gasteiger partial charge in [0.25, 0.3) is 0 Å². The van der Waals surface area contributed by atoms with Crippen LogP contribution in [0.5, 0.6) is 0 Å². The van der Waals surface area contributed by atoms with E-state index in [1.54, 1.807) is 0 Å². The molecule has 1 N–H and O–H groups in total. The molecule has 0 unspecified atom stereocenters. The SMILES string of the molecule is CC1=CC[C@@]2(C)C(=C(C)C(=O)[C@@H](O)[C@H]2C)CC1. The molecule has 2 aliphatic carbocycles. The van der Waals surface area contributed by atoms with E-state index in [4.69, 9.17) is 0 Å². The van der Waals surface area contributed by atoms with Crippen molar-refractivity contribution in [2.24, 2.45) is 11.3 Å². The van der Waals surface area contributed by atoms with Crippen LogP contribution in [0.2, 0.25) is 0 Å². The third kappa shape index (κ3) is 1.79. The molecule has 2 aliphatic rings. The van der Waals surface area contributed by atoms with Gasteiger partial charge in [-0.1, -0.05) is 31.1 Å². The van der Waals surface area contributed by atoms with Crippen molar-refractivity contribution in [3.05, 3.63) is 22.8 Å². The maximum atomic E-state index is 12.0. The van der Waals surface area contributed by atoms with Crippen molar-refractivity contribution in [2.75, 3.05) is 0 Å². The van der Waals surface area contributed by atoms with Crippen LogP contribution in [0.3, 0.4) is 0 Å². The summed E-state index contributed by atoms with van der Waals surface area (Å²) in [6, 6.07) is 0. The number of allylic oxidation sites excluding steroid dienone is 3. The highest BCUT2D eigenvalue weighted by molar-refractivity contribution is 6.00. The molecule has 0 amide bonds. The Kier molecular flexibility index (Phi) is 3.03. The molecule has 2 heteroatoms. The number of hydrogen-bond donors (Lipinski definition) is 1. The van der Waals surface area contributed by atoms with Crippen molar-refractivity contribution in [1.29, 1.82) is 0 Å². The lowest BCUT2D eigenvalue weighted by Gasteiger charge is -2.43. The first-order valence-electron chi connectivity index (χ1n) is 6.46. The first-order valence-corrected chi connectivity index (χ1v) is 6.46. The zero-order valence-electron chi connectivity index (χ0n) is 11.2. The molecule has 2 rings (SSSR count). The third-order valence-electron chi connectivity index (χ3n) is 4.90. The first-order chi connectivity index (χ1) is 7.88. The molecule has 0 aromatic heterocycles. The monoisotopic (exact) mass is 234 g/mol. The first kappa shape index (κ1) is 12.6. The van der Waals surface area contributed by atoms with E-state index < -0.39 is 6.10 Å². The maximum absolute atomic E-state index is 12.0. The number of aliphatic hydroxyl groups is 1. The number of hydrogen-bond acceptors (Lipinski definition) is 2. The standard InChI is InChI=1S/C15H22O2/c1-9-5-6-12-10(2)13(16)14(17)11(3)15(12,4)8-7-9/h7,11,14,17H,5-6,8H2,1-4H3/t11-,14+,15-/m1/s1. The zero-order valence-corrected chi connectivity index (χ0v) is 11.2. The molecule has 0 spiro atoms. The van der Waals surface area contributed by atoms with E-state index in [-0.39, 0.29) is 17.1 Å². The number of Topliss-reactive ketones (excluding diaryl/α,β-unsaturated/α-hetero) is 1. The molecule has 0 saturated heterocycles. The highest BCUT2D eigenvalue weighted by Gasteiger charge is 2.46. The van der Waals surface area contributed by atoms with E-state index in [0.717, 1.165) is 24.8 Å². The third-order valence-corrected chi connectivity index (χ3v) is 4.90. The van der Waals surface area contributed by atoms with Crippen LogP contribution in [-0.4, -0.2) is 17.0 Å². The van der Waals surface area contributed by atoms with Crippen LogP contribution in [-0.2, 0) is 4.79 Å². The molecule has 94 valence electrons. The number of aliphatic hydroxyl groups excluding tert-OH is 1. The Hall–Kier alpha value is -0.890. The van der Waals surface area contributed by atoms with Crippen molar-refractivity contribution >= 4 is 5.78 Å². The van der Waals surface area contributed by atoms with Crippen LogP contribution in [0, 0.1) is 11.3 Å². The fourth-order valence-electron chi connectivity index (χ4n) is 3.24. The predicted molar refractivity (Wildman–Crippen MR) is 68.6 cm³/mol. The normalized spacial score (nSPS) is 38.6. The second kappa shape index (κ2) is 4.09. The quantitative estimate of drug-likeness (QED) is 0.654. The zero-order chi connectivity index (χ0) is 12.8. The predicted octanol–water partition coefficient (Wildman–Crippen LogP) is 3.02. The highest BCUT2D eigenvalue weighted by atomic mass is 16.3. The summed E-state index contributed by atoms with van der Waals surface area (Å²) in [6.07, 6.45) is 4.40. The van der Waals surface area contributed by atoms with Gasteiger partial charge in [-0.2, -0.15) is 0 Å². The van der Waals surface area contributed by atoms with Crippen molar-refractivity contribution in [3.8, 4) is 0 Å². The second-order valence-electron chi connectivity index (χ2n) is 5.87. The van der Waals surface area contributed by atoms with Gasteiger partial charge in [0.1, 0.15) is 6.10 Å². The van der Waals surface area contributed by atoms with Crippen molar-refractivity contribution in [3.63, 3.8) is 0 Å². The number of carbonyl (C=O) groups is 1. The minimum absolute atomic E-state index is 0.0100. The fourth-order valence-corrected chi connectivity index (χ4v) is 3.24. The van der Waals surface area contributed by atoms with Gasteiger partial charge in [-0.05, 0) is 50.0 Å². The summed E-state index contributed by atoms with van der Waals surface area (Å²) in [5, 5.41) is 10.1. The van der Waals surface area contributed by atoms with Crippen LogP contribution in [0.15, 0.2) is 22.8 Å². The number of rotatable bonds is 0. The molecule has 0 aliphatic heterocycles. The van der Waals surface area contributed by atoms with Gasteiger partial charge in [-0.25, -0.2) is 0 Å². The molecule has 0 radical (unpaired) electrons. The summed E-state index contributed by atoms with van der Waals surface area (Å²) >= 11 is 0. The van der Waals surface area contributed by atoms with Crippen LogP contribution in [0.4, 0.5) is 0 Å². The summed E-state index contributed by atoms with van der Waals surface area (Å²) < 4.78 is 0. The van der Waals surface area contributed by atoms with E-state index in [1.807, 2.05) is 13.8 Å². The Morgan fingerprint density at radius 3 is 2.65 bits per heavy atom. The van der Waals surface area contributed by atoms with Crippen molar-refractivity contribution in [2.45, 2.75) is 53.1 Å². The largest absolute Gasteiger partial charge is 0.385 e. The van der Waals surface area contributed by atoms with Gasteiger partial charge < -0.3 is 5.11 Å². The maximum Gasteiger partial charge on any atom is 0.187 e. The molecule has 0 aromatic carbocycles. The minimum atomic E-state index is -0.824. The molecule has 0 fully saturated rings. The molecule has 0 heterocycles. The van der Waals surface area contributed by atoms with Crippen LogP contribution < -0.4 is 0 Å². The summed E-state index contributed by atoms with van der Waals surface area (Å²) in [7, 11) is 0. The Bertz CT molecular complexity index is 417. The van der Waals surface area contributed by atoms with Gasteiger partial charge in [0.15, 0.2) is 5.78 Å². The molecule has 0 saturated carbocycles. The van der Waals surface area contributed by atoms with Gasteiger partial charge in [-0.15, -0.1) is 0 Å². The Balaban J connectivity index is 2.53. The lowest BCUT2D eigenvalue weighted by atomic mass is 9.61. The molecule has 2 nitrogen and oxygen atoms in total. The van der Waals surface area contributed by atoms with E-state index in [0.29, 0.717) is 0 Å². The van der Waals surface area contributed by atoms with Crippen LogP contribution >= 0.6 is 0 Å². The second-order valence-corrected chi connectivity index (χ2v) is 5.87.